The molecule has 3 N–H and O–H groups in total. The Morgan fingerprint density at radius 1 is 1.23 bits per heavy atom. The fourth-order valence-corrected chi connectivity index (χ4v) is 4.44. The number of fused-ring (bicyclic) bond motifs is 1. The summed E-state index contributed by atoms with van der Waals surface area (Å²) in [7, 11) is 0. The molecule has 0 radical (unpaired) electrons. The van der Waals surface area contributed by atoms with Gasteiger partial charge >= 0.3 is 0 Å². The Balaban J connectivity index is 1.50. The van der Waals surface area contributed by atoms with Gasteiger partial charge in [-0.05, 0) is 24.1 Å². The number of hydrogen-bond acceptors (Lipinski definition) is 6. The molecule has 1 aliphatic rings. The number of aromatic nitrogens is 3. The Hall–Kier alpha value is -2.16. The number of nitrogens with one attached hydrogen (secondary N) is 1. The standard InChI is InChI=1S/C18H19FN4O2S/c19-12-3-1-11(2-4-12)5-6-20-17-18-22-9-13(23(18)8-7-21-17)16-15(25)14(24)10-26-16/h1-4,7-9,14-16,24-25H,5-6,10H2,(H,20,21)/t14-,15-,16+/m1/s1. The smallest absolute Gasteiger partial charge is 0.180 e. The highest BCUT2D eigenvalue weighted by molar-refractivity contribution is 7.99. The van der Waals surface area contributed by atoms with E-state index in [1.54, 1.807) is 30.7 Å². The second-order valence-electron chi connectivity index (χ2n) is 6.27. The highest BCUT2D eigenvalue weighted by atomic mass is 32.2. The highest BCUT2D eigenvalue weighted by Crippen LogP contribution is 2.40. The number of halogens is 1. The first-order valence-electron chi connectivity index (χ1n) is 8.41. The van der Waals surface area contributed by atoms with E-state index in [0.717, 1.165) is 17.7 Å². The lowest BCUT2D eigenvalue weighted by Crippen LogP contribution is -2.25. The summed E-state index contributed by atoms with van der Waals surface area (Å²) in [5.74, 6) is 0.918. The molecule has 1 saturated heterocycles. The molecule has 8 heteroatoms. The molecule has 1 aromatic carbocycles. The van der Waals surface area contributed by atoms with Crippen molar-refractivity contribution in [2.24, 2.45) is 0 Å². The van der Waals surface area contributed by atoms with E-state index >= 15 is 0 Å². The number of anilines is 1. The monoisotopic (exact) mass is 374 g/mol. The lowest BCUT2D eigenvalue weighted by molar-refractivity contribution is 0.0411. The van der Waals surface area contributed by atoms with Gasteiger partial charge in [0.05, 0.1) is 29.3 Å². The molecular formula is C18H19FN4O2S. The van der Waals surface area contributed by atoms with Gasteiger partial charge in [0.1, 0.15) is 5.82 Å². The van der Waals surface area contributed by atoms with Crippen LogP contribution in [0, 0.1) is 5.82 Å². The van der Waals surface area contributed by atoms with Crippen molar-refractivity contribution in [3.63, 3.8) is 0 Å². The van der Waals surface area contributed by atoms with Crippen LogP contribution in [0.5, 0.6) is 0 Å². The van der Waals surface area contributed by atoms with Crippen molar-refractivity contribution in [3.05, 3.63) is 59.9 Å². The van der Waals surface area contributed by atoms with Crippen molar-refractivity contribution >= 4 is 23.2 Å². The van der Waals surface area contributed by atoms with Gasteiger partial charge in [-0.3, -0.25) is 4.40 Å². The van der Waals surface area contributed by atoms with Crippen molar-refractivity contribution < 1.29 is 14.6 Å². The predicted molar refractivity (Wildman–Crippen MR) is 98.8 cm³/mol. The molecule has 3 aromatic rings. The SMILES string of the molecule is O[C@@H]1[C@H](O)CS[C@H]1c1cnc2c(NCCc3ccc(F)cc3)nccn12. The van der Waals surface area contributed by atoms with Crippen LogP contribution in [-0.4, -0.2) is 49.1 Å². The van der Waals surface area contributed by atoms with Crippen molar-refractivity contribution in [3.8, 4) is 0 Å². The van der Waals surface area contributed by atoms with E-state index in [2.05, 4.69) is 15.3 Å². The number of nitrogens with zero attached hydrogens (tertiary/aromatic N) is 3. The van der Waals surface area contributed by atoms with Gasteiger partial charge < -0.3 is 15.5 Å². The van der Waals surface area contributed by atoms with E-state index in [-0.39, 0.29) is 11.1 Å². The number of thioether (sulfide) groups is 1. The van der Waals surface area contributed by atoms with Crippen LogP contribution in [0.15, 0.2) is 42.9 Å². The van der Waals surface area contributed by atoms with E-state index < -0.39 is 12.2 Å². The molecule has 0 aliphatic carbocycles. The summed E-state index contributed by atoms with van der Waals surface area (Å²) < 4.78 is 14.9. The number of imidazole rings is 1. The van der Waals surface area contributed by atoms with Crippen LogP contribution in [0.1, 0.15) is 16.5 Å². The lowest BCUT2D eigenvalue weighted by Gasteiger charge is -2.15. The Kier molecular flexibility index (Phi) is 4.80. The van der Waals surface area contributed by atoms with E-state index in [9.17, 15) is 14.6 Å². The fourth-order valence-electron chi connectivity index (χ4n) is 3.11. The average molecular weight is 374 g/mol. The first-order chi connectivity index (χ1) is 12.6. The lowest BCUT2D eigenvalue weighted by atomic mass is 10.1. The highest BCUT2D eigenvalue weighted by Gasteiger charge is 2.37. The number of rotatable bonds is 5. The van der Waals surface area contributed by atoms with E-state index in [0.29, 0.717) is 23.8 Å². The normalized spacial score (nSPS) is 22.8. The maximum atomic E-state index is 13.0. The molecule has 3 atom stereocenters. The molecule has 1 aliphatic heterocycles. The molecule has 0 spiro atoms. The minimum absolute atomic E-state index is 0.213. The summed E-state index contributed by atoms with van der Waals surface area (Å²) in [5.41, 5.74) is 2.56. The average Bonchev–Trinajstić information content (AvgIpc) is 3.21. The van der Waals surface area contributed by atoms with Crippen LogP contribution in [0.2, 0.25) is 0 Å². The topological polar surface area (TPSA) is 82.7 Å². The van der Waals surface area contributed by atoms with Gasteiger partial charge in [-0.2, -0.15) is 0 Å². The van der Waals surface area contributed by atoms with Crippen molar-refractivity contribution in [1.29, 1.82) is 0 Å². The number of hydrogen-bond donors (Lipinski definition) is 3. The van der Waals surface area contributed by atoms with Crippen LogP contribution in [0.4, 0.5) is 10.2 Å². The molecule has 0 unspecified atom stereocenters. The Morgan fingerprint density at radius 2 is 2.04 bits per heavy atom. The van der Waals surface area contributed by atoms with Gasteiger partial charge in [-0.15, -0.1) is 11.8 Å². The number of aliphatic hydroxyl groups excluding tert-OH is 2. The van der Waals surface area contributed by atoms with E-state index in [1.165, 1.54) is 23.9 Å². The minimum atomic E-state index is -0.803. The Morgan fingerprint density at radius 3 is 2.77 bits per heavy atom. The molecule has 6 nitrogen and oxygen atoms in total. The largest absolute Gasteiger partial charge is 0.390 e. The van der Waals surface area contributed by atoms with Gasteiger partial charge in [0, 0.05) is 24.7 Å². The second kappa shape index (κ2) is 7.22. The number of benzene rings is 1. The van der Waals surface area contributed by atoms with Gasteiger partial charge in [0.15, 0.2) is 11.5 Å². The van der Waals surface area contributed by atoms with Crippen LogP contribution in [0.25, 0.3) is 5.65 Å². The second-order valence-corrected chi connectivity index (χ2v) is 7.44. The summed E-state index contributed by atoms with van der Waals surface area (Å²) in [6, 6.07) is 6.44. The molecular weight excluding hydrogens is 355 g/mol. The summed E-state index contributed by atoms with van der Waals surface area (Å²) in [6.07, 6.45) is 4.43. The summed E-state index contributed by atoms with van der Waals surface area (Å²) >= 11 is 1.52. The van der Waals surface area contributed by atoms with Gasteiger partial charge in [-0.1, -0.05) is 12.1 Å². The van der Waals surface area contributed by atoms with E-state index in [4.69, 9.17) is 0 Å². The fraction of sp³-hybridized carbons (Fsp3) is 0.333. The third kappa shape index (κ3) is 3.27. The minimum Gasteiger partial charge on any atom is -0.390 e. The van der Waals surface area contributed by atoms with Crippen LogP contribution >= 0.6 is 11.8 Å². The maximum Gasteiger partial charge on any atom is 0.180 e. The molecule has 0 bridgehead atoms. The predicted octanol–water partition coefficient (Wildman–Crippen LogP) is 2.03. The van der Waals surface area contributed by atoms with Gasteiger partial charge in [0.2, 0.25) is 0 Å². The van der Waals surface area contributed by atoms with Crippen molar-refractivity contribution in [2.75, 3.05) is 17.6 Å². The quantitative estimate of drug-likeness (QED) is 0.634. The number of aliphatic hydroxyl groups is 2. The third-order valence-electron chi connectivity index (χ3n) is 4.52. The molecule has 0 amide bonds. The Bertz CT molecular complexity index is 902. The van der Waals surface area contributed by atoms with E-state index in [1.807, 2.05) is 4.40 Å². The molecule has 136 valence electrons. The Labute approximate surface area is 154 Å². The maximum absolute atomic E-state index is 13.0. The zero-order valence-corrected chi connectivity index (χ0v) is 14.7. The molecule has 2 aromatic heterocycles. The van der Waals surface area contributed by atoms with Crippen LogP contribution in [-0.2, 0) is 6.42 Å². The summed E-state index contributed by atoms with van der Waals surface area (Å²) in [6.45, 7) is 0.639. The first-order valence-corrected chi connectivity index (χ1v) is 9.46. The molecule has 3 heterocycles. The zero-order valence-electron chi connectivity index (χ0n) is 13.9. The van der Waals surface area contributed by atoms with Crippen LogP contribution < -0.4 is 5.32 Å². The van der Waals surface area contributed by atoms with Gasteiger partial charge in [0.25, 0.3) is 0 Å². The molecule has 4 rings (SSSR count). The van der Waals surface area contributed by atoms with Crippen molar-refractivity contribution in [2.45, 2.75) is 23.9 Å². The molecule has 1 fully saturated rings. The summed E-state index contributed by atoms with van der Waals surface area (Å²) in [4.78, 5) is 8.80. The summed E-state index contributed by atoms with van der Waals surface area (Å²) in [5, 5.41) is 23.0. The third-order valence-corrected chi connectivity index (χ3v) is 5.93. The van der Waals surface area contributed by atoms with Crippen LogP contribution in [0.3, 0.4) is 0 Å². The zero-order chi connectivity index (χ0) is 18.1. The van der Waals surface area contributed by atoms with Gasteiger partial charge in [-0.25, -0.2) is 14.4 Å². The first kappa shape index (κ1) is 17.3. The molecule has 26 heavy (non-hydrogen) atoms. The molecule has 0 saturated carbocycles. The van der Waals surface area contributed by atoms with Crippen molar-refractivity contribution in [1.82, 2.24) is 14.4 Å².